The van der Waals surface area contributed by atoms with Gasteiger partial charge in [0, 0.05) is 24.3 Å². The van der Waals surface area contributed by atoms with Gasteiger partial charge in [0.25, 0.3) is 0 Å². The molecule has 3 N–H and O–H groups in total. The van der Waals surface area contributed by atoms with Gasteiger partial charge in [0.05, 0.1) is 18.8 Å². The third-order valence-corrected chi connectivity index (χ3v) is 3.07. The summed E-state index contributed by atoms with van der Waals surface area (Å²) in [5.41, 5.74) is 4.68. The van der Waals surface area contributed by atoms with Crippen LogP contribution in [-0.4, -0.2) is 37.3 Å². The van der Waals surface area contributed by atoms with Gasteiger partial charge in [-0.15, -0.1) is 0 Å². The molecule has 1 aliphatic rings. The molecule has 1 aromatic rings. The Balaban J connectivity index is 2.43. The summed E-state index contributed by atoms with van der Waals surface area (Å²) in [5, 5.41) is 11.3. The number of ether oxygens (including phenoxy) is 1. The Bertz CT molecular complexity index is 511. The molecule has 0 spiro atoms. The highest BCUT2D eigenvalue weighted by molar-refractivity contribution is 5.99. The van der Waals surface area contributed by atoms with E-state index in [0.29, 0.717) is 32.0 Å². The highest BCUT2D eigenvalue weighted by Gasteiger charge is 2.34. The molecule has 0 unspecified atom stereocenters. The Morgan fingerprint density at radius 2 is 1.95 bits per heavy atom. The Kier molecular flexibility index (Phi) is 4.03. The lowest BCUT2D eigenvalue weighted by Crippen LogP contribution is -2.36. The molecular weight excluding hydrogens is 275 g/mol. The van der Waals surface area contributed by atoms with E-state index in [2.05, 4.69) is 5.16 Å². The fraction of sp³-hybridized carbons (Fsp3) is 0.417. The summed E-state index contributed by atoms with van der Waals surface area (Å²) in [6.07, 6.45) is -4.56. The first-order valence-electron chi connectivity index (χ1n) is 5.95. The molecule has 8 heteroatoms. The summed E-state index contributed by atoms with van der Waals surface area (Å²) in [4.78, 5) is 1.89. The van der Waals surface area contributed by atoms with Crippen LogP contribution in [0.2, 0.25) is 0 Å². The number of oxime groups is 1. The van der Waals surface area contributed by atoms with Crippen molar-refractivity contribution in [3.05, 3.63) is 29.3 Å². The maximum atomic E-state index is 12.9. The van der Waals surface area contributed by atoms with Crippen molar-refractivity contribution in [1.82, 2.24) is 0 Å². The summed E-state index contributed by atoms with van der Waals surface area (Å²) >= 11 is 0. The van der Waals surface area contributed by atoms with Gasteiger partial charge >= 0.3 is 6.18 Å². The van der Waals surface area contributed by atoms with E-state index in [1.807, 2.05) is 4.90 Å². The Hall–Kier alpha value is -1.96. The number of halogens is 3. The van der Waals surface area contributed by atoms with Gasteiger partial charge in [-0.1, -0.05) is 5.16 Å². The minimum Gasteiger partial charge on any atom is -0.409 e. The zero-order chi connectivity index (χ0) is 14.8. The van der Waals surface area contributed by atoms with Crippen LogP contribution >= 0.6 is 0 Å². The number of morpholine rings is 1. The molecule has 0 saturated carbocycles. The first kappa shape index (κ1) is 14.4. The average Bonchev–Trinajstić information content (AvgIpc) is 2.45. The lowest BCUT2D eigenvalue weighted by molar-refractivity contribution is -0.137. The van der Waals surface area contributed by atoms with Crippen LogP contribution in [0.4, 0.5) is 18.9 Å². The summed E-state index contributed by atoms with van der Waals surface area (Å²) in [5.74, 6) is -0.563. The smallest absolute Gasteiger partial charge is 0.409 e. The fourth-order valence-electron chi connectivity index (χ4n) is 2.06. The van der Waals surface area contributed by atoms with Crippen molar-refractivity contribution < 1.29 is 23.1 Å². The monoisotopic (exact) mass is 289 g/mol. The van der Waals surface area contributed by atoms with E-state index >= 15 is 0 Å². The summed E-state index contributed by atoms with van der Waals surface area (Å²) < 4.78 is 43.9. The average molecular weight is 289 g/mol. The second-order valence-corrected chi connectivity index (χ2v) is 4.31. The number of alkyl halides is 3. The summed E-state index contributed by atoms with van der Waals surface area (Å²) in [6.45, 7) is 2.20. The lowest BCUT2D eigenvalue weighted by Gasteiger charge is -2.29. The third-order valence-electron chi connectivity index (χ3n) is 3.07. The second kappa shape index (κ2) is 5.58. The van der Waals surface area contributed by atoms with Crippen LogP contribution < -0.4 is 10.6 Å². The number of hydrogen-bond donors (Lipinski definition) is 2. The highest BCUT2D eigenvalue weighted by atomic mass is 19.4. The van der Waals surface area contributed by atoms with Gasteiger partial charge in [-0.2, -0.15) is 13.2 Å². The molecular formula is C12H14F3N3O2. The maximum Gasteiger partial charge on any atom is 0.417 e. The van der Waals surface area contributed by atoms with Crippen LogP contribution in [0.25, 0.3) is 0 Å². The Morgan fingerprint density at radius 3 is 2.50 bits per heavy atom. The molecule has 110 valence electrons. The molecule has 1 aromatic carbocycles. The standard InChI is InChI=1S/C12H14F3N3O2/c13-12(14,15)10-2-1-8(7-9(10)11(16)17-19)18-3-5-20-6-4-18/h1-2,7,19H,3-6H2,(H2,16,17). The largest absolute Gasteiger partial charge is 0.417 e. The van der Waals surface area contributed by atoms with Crippen LogP contribution in [0.1, 0.15) is 11.1 Å². The van der Waals surface area contributed by atoms with Crippen molar-refractivity contribution in [3.8, 4) is 0 Å². The third kappa shape index (κ3) is 2.96. The van der Waals surface area contributed by atoms with Crippen molar-refractivity contribution in [2.45, 2.75) is 6.18 Å². The van der Waals surface area contributed by atoms with E-state index < -0.39 is 17.6 Å². The molecule has 0 radical (unpaired) electrons. The number of nitrogens with two attached hydrogens (primary N) is 1. The van der Waals surface area contributed by atoms with Gasteiger partial charge in [0.2, 0.25) is 0 Å². The molecule has 2 rings (SSSR count). The van der Waals surface area contributed by atoms with Crippen molar-refractivity contribution in [1.29, 1.82) is 0 Å². The zero-order valence-corrected chi connectivity index (χ0v) is 10.5. The minimum absolute atomic E-state index is 0.330. The maximum absolute atomic E-state index is 12.9. The Morgan fingerprint density at radius 1 is 1.30 bits per heavy atom. The van der Waals surface area contributed by atoms with Crippen LogP contribution in [0.3, 0.4) is 0 Å². The normalized spacial score (nSPS) is 17.4. The number of nitrogens with zero attached hydrogens (tertiary/aromatic N) is 2. The van der Waals surface area contributed by atoms with Gasteiger partial charge in [-0.05, 0) is 18.2 Å². The van der Waals surface area contributed by atoms with Gasteiger partial charge in [-0.3, -0.25) is 0 Å². The molecule has 1 aliphatic heterocycles. The first-order valence-corrected chi connectivity index (χ1v) is 5.95. The van der Waals surface area contributed by atoms with Crippen LogP contribution in [0.15, 0.2) is 23.4 Å². The first-order chi connectivity index (χ1) is 9.43. The second-order valence-electron chi connectivity index (χ2n) is 4.31. The van der Waals surface area contributed by atoms with Gasteiger partial charge in [-0.25, -0.2) is 0 Å². The van der Waals surface area contributed by atoms with Crippen LogP contribution in [0, 0.1) is 0 Å². The van der Waals surface area contributed by atoms with E-state index in [0.717, 1.165) is 6.07 Å². The van der Waals surface area contributed by atoms with E-state index in [1.54, 1.807) is 0 Å². The van der Waals surface area contributed by atoms with Crippen LogP contribution in [-0.2, 0) is 10.9 Å². The van der Waals surface area contributed by atoms with Crippen molar-refractivity contribution in [2.24, 2.45) is 10.9 Å². The number of rotatable bonds is 2. The van der Waals surface area contributed by atoms with Gasteiger partial charge < -0.3 is 20.6 Å². The van der Waals surface area contributed by atoms with Gasteiger partial charge in [0.1, 0.15) is 0 Å². The molecule has 0 atom stereocenters. The number of amidine groups is 1. The molecule has 0 aliphatic carbocycles. The fourth-order valence-corrected chi connectivity index (χ4v) is 2.06. The van der Waals surface area contributed by atoms with E-state index in [9.17, 15) is 13.2 Å². The molecule has 1 fully saturated rings. The number of benzene rings is 1. The zero-order valence-electron chi connectivity index (χ0n) is 10.5. The molecule has 0 aromatic heterocycles. The quantitative estimate of drug-likeness (QED) is 0.376. The molecule has 1 saturated heterocycles. The Labute approximate surface area is 113 Å². The van der Waals surface area contributed by atoms with E-state index in [-0.39, 0.29) is 5.56 Å². The predicted molar refractivity (Wildman–Crippen MR) is 67.0 cm³/mol. The highest BCUT2D eigenvalue weighted by Crippen LogP contribution is 2.34. The summed E-state index contributed by atoms with van der Waals surface area (Å²) in [6, 6.07) is 3.60. The molecule has 5 nitrogen and oxygen atoms in total. The van der Waals surface area contributed by atoms with E-state index in [1.165, 1.54) is 12.1 Å². The number of hydrogen-bond acceptors (Lipinski definition) is 4. The van der Waals surface area contributed by atoms with Crippen molar-refractivity contribution in [3.63, 3.8) is 0 Å². The predicted octanol–water partition coefficient (Wildman–Crippen LogP) is 1.64. The molecule has 0 amide bonds. The van der Waals surface area contributed by atoms with E-state index in [4.69, 9.17) is 15.7 Å². The van der Waals surface area contributed by atoms with Crippen molar-refractivity contribution in [2.75, 3.05) is 31.2 Å². The van der Waals surface area contributed by atoms with Crippen LogP contribution in [0.5, 0.6) is 0 Å². The minimum atomic E-state index is -4.56. The number of anilines is 1. The summed E-state index contributed by atoms with van der Waals surface area (Å²) in [7, 11) is 0. The lowest BCUT2D eigenvalue weighted by atomic mass is 10.0. The van der Waals surface area contributed by atoms with Crippen molar-refractivity contribution >= 4 is 11.5 Å². The molecule has 20 heavy (non-hydrogen) atoms. The van der Waals surface area contributed by atoms with Gasteiger partial charge in [0.15, 0.2) is 5.84 Å². The molecule has 1 heterocycles. The topological polar surface area (TPSA) is 71.1 Å². The SMILES string of the molecule is N/C(=N/O)c1cc(N2CCOCC2)ccc1C(F)(F)F. The molecule has 0 bridgehead atoms.